The monoisotopic (exact) mass is 466 g/mol. The molecule has 1 heterocycles. The number of benzene rings is 2. The minimum absolute atomic E-state index is 0.0156. The van der Waals surface area contributed by atoms with E-state index in [1.807, 2.05) is 61.5 Å². The number of hydrogen-bond donors (Lipinski definition) is 1. The SMILES string of the molecule is C/C=C/c1ccc(OCC(=O)OCc2csc(CC(=O)NCc3ccccc3)n2)c(OC)c1. The second-order valence-corrected chi connectivity index (χ2v) is 7.97. The number of hydrogen-bond acceptors (Lipinski definition) is 7. The van der Waals surface area contributed by atoms with Gasteiger partial charge in [-0.05, 0) is 30.2 Å². The van der Waals surface area contributed by atoms with Crippen LogP contribution in [0.4, 0.5) is 0 Å². The van der Waals surface area contributed by atoms with Crippen molar-refractivity contribution in [3.8, 4) is 11.5 Å². The smallest absolute Gasteiger partial charge is 0.344 e. The molecule has 0 aliphatic rings. The molecule has 0 spiro atoms. The summed E-state index contributed by atoms with van der Waals surface area (Å²) in [4.78, 5) is 28.6. The Labute approximate surface area is 197 Å². The minimum Gasteiger partial charge on any atom is -0.493 e. The Bertz CT molecular complexity index is 1100. The first-order valence-corrected chi connectivity index (χ1v) is 11.3. The van der Waals surface area contributed by atoms with Crippen LogP contribution in [0.25, 0.3) is 6.08 Å². The van der Waals surface area contributed by atoms with E-state index in [1.54, 1.807) is 18.6 Å². The summed E-state index contributed by atoms with van der Waals surface area (Å²) in [5.74, 6) is 0.359. The summed E-state index contributed by atoms with van der Waals surface area (Å²) in [5.41, 5.74) is 2.59. The van der Waals surface area contributed by atoms with Crippen LogP contribution >= 0.6 is 11.3 Å². The molecule has 1 N–H and O–H groups in total. The van der Waals surface area contributed by atoms with Gasteiger partial charge in [-0.25, -0.2) is 9.78 Å². The molecule has 0 aliphatic heterocycles. The number of nitrogens with zero attached hydrogens (tertiary/aromatic N) is 1. The molecule has 0 unspecified atom stereocenters. The molecule has 3 rings (SSSR count). The molecule has 0 saturated carbocycles. The van der Waals surface area contributed by atoms with Crippen molar-refractivity contribution in [3.05, 3.63) is 81.8 Å². The van der Waals surface area contributed by atoms with E-state index in [1.165, 1.54) is 11.3 Å². The Morgan fingerprint density at radius 3 is 2.70 bits per heavy atom. The number of allylic oxidation sites excluding steroid dienone is 1. The van der Waals surface area contributed by atoms with Gasteiger partial charge in [-0.1, -0.05) is 48.6 Å². The lowest BCUT2D eigenvalue weighted by Crippen LogP contribution is -2.24. The predicted octanol–water partition coefficient (Wildman–Crippen LogP) is 4.17. The van der Waals surface area contributed by atoms with Gasteiger partial charge in [0.15, 0.2) is 18.1 Å². The molecule has 0 atom stereocenters. The summed E-state index contributed by atoms with van der Waals surface area (Å²) in [5, 5.41) is 5.31. The fourth-order valence-corrected chi connectivity index (χ4v) is 3.70. The number of nitrogens with one attached hydrogen (secondary N) is 1. The summed E-state index contributed by atoms with van der Waals surface area (Å²) in [6, 6.07) is 15.1. The number of methoxy groups -OCH3 is 1. The van der Waals surface area contributed by atoms with Gasteiger partial charge in [-0.2, -0.15) is 0 Å². The summed E-state index contributed by atoms with van der Waals surface area (Å²) in [7, 11) is 1.54. The van der Waals surface area contributed by atoms with E-state index >= 15 is 0 Å². The lowest BCUT2D eigenvalue weighted by Gasteiger charge is -2.11. The van der Waals surface area contributed by atoms with Gasteiger partial charge >= 0.3 is 5.97 Å². The van der Waals surface area contributed by atoms with Gasteiger partial charge in [0.05, 0.1) is 19.2 Å². The zero-order valence-corrected chi connectivity index (χ0v) is 19.4. The van der Waals surface area contributed by atoms with Crippen molar-refractivity contribution in [2.75, 3.05) is 13.7 Å². The fourth-order valence-electron chi connectivity index (χ4n) is 2.93. The van der Waals surface area contributed by atoms with E-state index < -0.39 is 5.97 Å². The van der Waals surface area contributed by atoms with Crippen molar-refractivity contribution in [1.29, 1.82) is 0 Å². The third kappa shape index (κ3) is 7.76. The van der Waals surface area contributed by atoms with Crippen molar-refractivity contribution >= 4 is 29.3 Å². The molecule has 33 heavy (non-hydrogen) atoms. The lowest BCUT2D eigenvalue weighted by atomic mass is 10.2. The largest absolute Gasteiger partial charge is 0.493 e. The van der Waals surface area contributed by atoms with Crippen molar-refractivity contribution in [2.24, 2.45) is 0 Å². The fraction of sp³-hybridized carbons (Fsp3) is 0.240. The number of rotatable bonds is 11. The summed E-state index contributed by atoms with van der Waals surface area (Å²) in [6.07, 6.45) is 4.04. The second-order valence-electron chi connectivity index (χ2n) is 7.03. The number of thiazole rings is 1. The highest BCUT2D eigenvalue weighted by Crippen LogP contribution is 2.28. The Kier molecular flexibility index (Phi) is 9.02. The van der Waals surface area contributed by atoms with E-state index in [9.17, 15) is 9.59 Å². The number of carbonyl (C=O) groups is 2. The average Bonchev–Trinajstić information content (AvgIpc) is 3.28. The van der Waals surface area contributed by atoms with Crippen LogP contribution in [0, 0.1) is 0 Å². The highest BCUT2D eigenvalue weighted by molar-refractivity contribution is 7.09. The molecule has 3 aromatic rings. The van der Waals surface area contributed by atoms with Gasteiger partial charge in [0.2, 0.25) is 5.91 Å². The van der Waals surface area contributed by atoms with Crippen LogP contribution in [-0.4, -0.2) is 30.6 Å². The van der Waals surface area contributed by atoms with E-state index in [2.05, 4.69) is 10.3 Å². The molecule has 0 saturated heterocycles. The predicted molar refractivity (Wildman–Crippen MR) is 127 cm³/mol. The maximum absolute atomic E-state index is 12.1. The molecule has 172 valence electrons. The van der Waals surface area contributed by atoms with E-state index in [0.717, 1.165) is 11.1 Å². The van der Waals surface area contributed by atoms with E-state index in [-0.39, 0.29) is 25.5 Å². The maximum Gasteiger partial charge on any atom is 0.344 e. The normalized spacial score (nSPS) is 10.7. The Hall–Kier alpha value is -3.65. The summed E-state index contributed by atoms with van der Waals surface area (Å²) in [6.45, 7) is 2.16. The number of ether oxygens (including phenoxy) is 3. The van der Waals surface area contributed by atoms with Gasteiger partial charge in [0, 0.05) is 11.9 Å². The quantitative estimate of drug-likeness (QED) is 0.427. The molecular weight excluding hydrogens is 440 g/mol. The maximum atomic E-state index is 12.1. The van der Waals surface area contributed by atoms with Crippen LogP contribution in [0.2, 0.25) is 0 Å². The topological polar surface area (TPSA) is 86.8 Å². The number of aromatic nitrogens is 1. The Morgan fingerprint density at radius 2 is 1.94 bits per heavy atom. The zero-order chi connectivity index (χ0) is 23.5. The first-order valence-electron chi connectivity index (χ1n) is 10.4. The van der Waals surface area contributed by atoms with Crippen LogP contribution in [-0.2, 0) is 33.9 Å². The number of amides is 1. The van der Waals surface area contributed by atoms with Crippen LogP contribution in [0.5, 0.6) is 11.5 Å². The Balaban J connectivity index is 1.41. The molecule has 1 aromatic heterocycles. The van der Waals surface area contributed by atoms with Gasteiger partial charge in [-0.15, -0.1) is 11.3 Å². The summed E-state index contributed by atoms with van der Waals surface area (Å²) < 4.78 is 16.1. The standard InChI is InChI=1S/C25H26N2O5S/c1-3-7-18-10-11-21(22(12-18)30-2)31-16-25(29)32-15-20-17-33-24(27-20)13-23(28)26-14-19-8-5-4-6-9-19/h3-12,17H,13-16H2,1-2H3,(H,26,28)/b7-3+. The van der Waals surface area contributed by atoms with Crippen molar-refractivity contribution in [3.63, 3.8) is 0 Å². The van der Waals surface area contributed by atoms with Crippen molar-refractivity contribution in [1.82, 2.24) is 10.3 Å². The van der Waals surface area contributed by atoms with E-state index in [0.29, 0.717) is 28.7 Å². The Morgan fingerprint density at radius 1 is 1.12 bits per heavy atom. The minimum atomic E-state index is -0.523. The molecule has 0 fully saturated rings. The first kappa shape index (κ1) is 24.0. The van der Waals surface area contributed by atoms with Gasteiger partial charge < -0.3 is 19.5 Å². The molecule has 2 aromatic carbocycles. The van der Waals surface area contributed by atoms with Gasteiger partial charge in [0.25, 0.3) is 0 Å². The molecule has 7 nitrogen and oxygen atoms in total. The highest BCUT2D eigenvalue weighted by Gasteiger charge is 2.12. The van der Waals surface area contributed by atoms with Crippen molar-refractivity contribution < 1.29 is 23.8 Å². The van der Waals surface area contributed by atoms with Crippen molar-refractivity contribution in [2.45, 2.75) is 26.5 Å². The van der Waals surface area contributed by atoms with E-state index in [4.69, 9.17) is 14.2 Å². The molecule has 0 bridgehead atoms. The highest BCUT2D eigenvalue weighted by atomic mass is 32.1. The third-order valence-electron chi connectivity index (χ3n) is 4.52. The lowest BCUT2D eigenvalue weighted by molar-refractivity contribution is -0.147. The average molecular weight is 467 g/mol. The van der Waals surface area contributed by atoms with Crippen LogP contribution < -0.4 is 14.8 Å². The van der Waals surface area contributed by atoms with Crippen LogP contribution in [0.3, 0.4) is 0 Å². The van der Waals surface area contributed by atoms with Crippen LogP contribution in [0.1, 0.15) is 28.8 Å². The summed E-state index contributed by atoms with van der Waals surface area (Å²) >= 11 is 1.36. The van der Waals surface area contributed by atoms with Crippen LogP contribution in [0.15, 0.2) is 60.0 Å². The number of esters is 1. The second kappa shape index (κ2) is 12.4. The molecule has 8 heteroatoms. The third-order valence-corrected chi connectivity index (χ3v) is 5.41. The zero-order valence-electron chi connectivity index (χ0n) is 18.6. The van der Waals surface area contributed by atoms with Gasteiger partial charge in [-0.3, -0.25) is 4.79 Å². The molecule has 0 aliphatic carbocycles. The number of carbonyl (C=O) groups excluding carboxylic acids is 2. The molecular formula is C25H26N2O5S. The molecule has 1 amide bonds. The van der Waals surface area contributed by atoms with Gasteiger partial charge in [0.1, 0.15) is 11.6 Å². The molecule has 0 radical (unpaired) electrons. The first-order chi connectivity index (χ1) is 16.1.